The first-order chi connectivity index (χ1) is 12.8. The Balaban J connectivity index is 1.71. The third-order valence-corrected chi connectivity index (χ3v) is 9.76. The molecule has 4 saturated heterocycles. The third kappa shape index (κ3) is 1.85. The van der Waals surface area contributed by atoms with E-state index in [4.69, 9.17) is 9.47 Å². The van der Waals surface area contributed by atoms with Crippen LogP contribution in [0.2, 0.25) is 0 Å². The van der Waals surface area contributed by atoms with Crippen LogP contribution in [0, 0.1) is 16.7 Å². The summed E-state index contributed by atoms with van der Waals surface area (Å²) >= 11 is 0. The first kappa shape index (κ1) is 17.1. The Morgan fingerprint density at radius 2 is 1.93 bits per heavy atom. The van der Waals surface area contributed by atoms with E-state index in [1.807, 2.05) is 19.1 Å². The van der Waals surface area contributed by atoms with Gasteiger partial charge in [0.15, 0.2) is 21.2 Å². The van der Waals surface area contributed by atoms with Crippen LogP contribution in [0.25, 0.3) is 0 Å². The van der Waals surface area contributed by atoms with Gasteiger partial charge in [-0.15, -0.1) is 0 Å². The number of carbonyl (C=O) groups is 2. The lowest BCUT2D eigenvalue weighted by molar-refractivity contribution is -0.164. The van der Waals surface area contributed by atoms with E-state index in [-0.39, 0.29) is 25.0 Å². The Hall–Kier alpha value is -2.05. The number of piperazine rings is 1. The van der Waals surface area contributed by atoms with Crippen LogP contribution in [0.1, 0.15) is 31.9 Å². The van der Waals surface area contributed by atoms with Gasteiger partial charge in [0.05, 0.1) is 17.5 Å². The Morgan fingerprint density at radius 1 is 1.19 bits per heavy atom. The molecule has 6 rings (SSSR count). The minimum Gasteiger partial charge on any atom is -0.454 e. The normalized spacial score (nSPS) is 39.0. The number of likely N-dealkylation sites (N-methyl/N-ethyl adjacent to an activating group) is 1. The zero-order valence-corrected chi connectivity index (χ0v) is 16.6. The molecular formula is C18H17N3O4S2. The van der Waals surface area contributed by atoms with Crippen LogP contribution < -0.4 is 9.47 Å². The van der Waals surface area contributed by atoms with E-state index >= 15 is 0 Å². The summed E-state index contributed by atoms with van der Waals surface area (Å²) in [4.78, 5) is 27.9. The minimum atomic E-state index is -1.06. The average molecular weight is 403 g/mol. The number of rotatable bonds is 1. The molecule has 0 N–H and O–H groups in total. The molecule has 27 heavy (non-hydrogen) atoms. The third-order valence-electron chi connectivity index (χ3n) is 6.06. The van der Waals surface area contributed by atoms with Crippen LogP contribution in [-0.4, -0.2) is 45.2 Å². The molecule has 5 aliphatic rings. The number of nitriles is 1. The molecule has 140 valence electrons. The maximum Gasteiger partial charge on any atom is 0.261 e. The zero-order chi connectivity index (χ0) is 19.2. The topological polar surface area (TPSA) is 82.9 Å². The molecule has 5 heterocycles. The SMILES string of the molecule is CN1C(=O)C23C[C@](C)(C#N)[C@H](c4ccc5c(c4)OCO5)N2C(=O)C1(C)SS3. The first-order valence-corrected chi connectivity index (χ1v) is 10.7. The number of amides is 2. The lowest BCUT2D eigenvalue weighted by Crippen LogP contribution is -2.73. The molecule has 0 radical (unpaired) electrons. The zero-order valence-electron chi connectivity index (χ0n) is 15.0. The highest BCUT2D eigenvalue weighted by atomic mass is 33.1. The molecule has 1 aromatic rings. The van der Waals surface area contributed by atoms with E-state index in [9.17, 15) is 14.9 Å². The number of ether oxygens (including phenoxy) is 2. The van der Waals surface area contributed by atoms with Crippen LogP contribution in [0.5, 0.6) is 11.5 Å². The van der Waals surface area contributed by atoms with Crippen molar-refractivity contribution in [2.75, 3.05) is 13.8 Å². The lowest BCUT2D eigenvalue weighted by Gasteiger charge is -2.57. The van der Waals surface area contributed by atoms with Crippen LogP contribution in [0.4, 0.5) is 0 Å². The second-order valence-corrected chi connectivity index (χ2v) is 10.5. The van der Waals surface area contributed by atoms with Gasteiger partial charge in [-0.25, -0.2) is 0 Å². The quantitative estimate of drug-likeness (QED) is 0.666. The number of hydrogen-bond acceptors (Lipinski definition) is 7. The van der Waals surface area contributed by atoms with E-state index in [2.05, 4.69) is 6.07 Å². The number of benzene rings is 1. The molecule has 2 amide bonds. The first-order valence-electron chi connectivity index (χ1n) is 8.56. The van der Waals surface area contributed by atoms with Gasteiger partial charge in [-0.3, -0.25) is 9.59 Å². The van der Waals surface area contributed by atoms with E-state index < -0.39 is 21.2 Å². The lowest BCUT2D eigenvalue weighted by atomic mass is 9.79. The smallest absolute Gasteiger partial charge is 0.261 e. The highest BCUT2D eigenvalue weighted by molar-refractivity contribution is 8.78. The maximum atomic E-state index is 13.5. The Morgan fingerprint density at radius 3 is 2.67 bits per heavy atom. The number of fused-ring (bicyclic) bond motifs is 3. The predicted octanol–water partition coefficient (Wildman–Crippen LogP) is 2.50. The van der Waals surface area contributed by atoms with Crippen molar-refractivity contribution in [2.45, 2.75) is 36.1 Å². The Labute approximate surface area is 164 Å². The molecule has 0 aliphatic carbocycles. The van der Waals surface area contributed by atoms with Gasteiger partial charge in [-0.1, -0.05) is 27.7 Å². The van der Waals surface area contributed by atoms with Gasteiger partial charge in [0.1, 0.15) is 0 Å². The molecule has 1 aromatic carbocycles. The van der Waals surface area contributed by atoms with Gasteiger partial charge >= 0.3 is 0 Å². The summed E-state index contributed by atoms with van der Waals surface area (Å²) in [5, 5.41) is 10.0. The largest absolute Gasteiger partial charge is 0.454 e. The monoisotopic (exact) mass is 403 g/mol. The highest BCUT2D eigenvalue weighted by Crippen LogP contribution is 2.69. The number of carbonyl (C=O) groups excluding carboxylic acids is 2. The van der Waals surface area contributed by atoms with Crippen molar-refractivity contribution >= 4 is 33.4 Å². The van der Waals surface area contributed by atoms with Crippen LogP contribution in [0.3, 0.4) is 0 Å². The molecule has 2 unspecified atom stereocenters. The molecule has 9 heteroatoms. The van der Waals surface area contributed by atoms with Gasteiger partial charge in [0.2, 0.25) is 6.79 Å². The van der Waals surface area contributed by atoms with E-state index in [1.54, 1.807) is 24.9 Å². The Bertz CT molecular complexity index is 949. The summed E-state index contributed by atoms with van der Waals surface area (Å²) in [6, 6.07) is 7.35. The average Bonchev–Trinajstić information content (AvgIpc) is 3.23. The van der Waals surface area contributed by atoms with Gasteiger partial charge < -0.3 is 19.3 Å². The number of nitrogens with zero attached hydrogens (tertiary/aromatic N) is 3. The number of hydrogen-bond donors (Lipinski definition) is 0. The molecule has 0 aromatic heterocycles. The van der Waals surface area contributed by atoms with E-state index in [1.165, 1.54) is 26.5 Å². The summed E-state index contributed by atoms with van der Waals surface area (Å²) < 4.78 is 10.9. The van der Waals surface area contributed by atoms with Crippen molar-refractivity contribution in [3.05, 3.63) is 23.8 Å². The standard InChI is InChI=1S/C18H17N3O4S2/c1-16(8-19)7-18-15(23)20(3)17(2,26-27-18)14(22)21(18)13(16)10-4-5-11-12(6-10)25-9-24-11/h4-6,13H,7,9H2,1-3H3/t13-,16+,17?,18?/m0/s1. The molecular weight excluding hydrogens is 386 g/mol. The molecule has 5 aliphatic heterocycles. The van der Waals surface area contributed by atoms with Crippen molar-refractivity contribution in [1.82, 2.24) is 9.80 Å². The fourth-order valence-corrected chi connectivity index (χ4v) is 8.08. The highest BCUT2D eigenvalue weighted by Gasteiger charge is 2.74. The van der Waals surface area contributed by atoms with Gasteiger partial charge in [-0.05, 0) is 31.5 Å². The van der Waals surface area contributed by atoms with Crippen molar-refractivity contribution in [3.63, 3.8) is 0 Å². The van der Waals surface area contributed by atoms with Gasteiger partial charge in [-0.2, -0.15) is 5.26 Å². The molecule has 7 nitrogen and oxygen atoms in total. The maximum absolute atomic E-state index is 13.5. The summed E-state index contributed by atoms with van der Waals surface area (Å²) in [5.74, 6) is 0.998. The second-order valence-electron chi connectivity index (χ2n) is 7.69. The molecule has 2 bridgehead atoms. The van der Waals surface area contributed by atoms with Gasteiger partial charge in [0.25, 0.3) is 11.8 Å². The molecule has 4 fully saturated rings. The summed E-state index contributed by atoms with van der Waals surface area (Å²) in [7, 11) is 4.49. The molecule has 1 spiro atoms. The van der Waals surface area contributed by atoms with Crippen LogP contribution in [-0.2, 0) is 9.59 Å². The van der Waals surface area contributed by atoms with Crippen LogP contribution >= 0.6 is 21.6 Å². The molecule has 0 saturated carbocycles. The summed E-state index contributed by atoms with van der Waals surface area (Å²) in [6.45, 7) is 3.75. The molecule has 4 atom stereocenters. The van der Waals surface area contributed by atoms with Crippen molar-refractivity contribution < 1.29 is 19.1 Å². The fourth-order valence-electron chi connectivity index (χ4n) is 4.50. The van der Waals surface area contributed by atoms with Gasteiger partial charge in [0, 0.05) is 13.5 Å². The van der Waals surface area contributed by atoms with E-state index in [0.29, 0.717) is 11.5 Å². The second kappa shape index (κ2) is 5.06. The van der Waals surface area contributed by atoms with E-state index in [0.717, 1.165) is 5.56 Å². The predicted molar refractivity (Wildman–Crippen MR) is 99.6 cm³/mol. The summed E-state index contributed by atoms with van der Waals surface area (Å²) in [5.41, 5.74) is -0.117. The van der Waals surface area contributed by atoms with Crippen molar-refractivity contribution in [1.29, 1.82) is 5.26 Å². The van der Waals surface area contributed by atoms with Crippen molar-refractivity contribution in [3.8, 4) is 17.6 Å². The van der Waals surface area contributed by atoms with Crippen LogP contribution in [0.15, 0.2) is 18.2 Å². The van der Waals surface area contributed by atoms with Crippen molar-refractivity contribution in [2.24, 2.45) is 5.41 Å². The fraction of sp³-hybridized carbons (Fsp3) is 0.500. The Kier molecular flexibility index (Phi) is 3.20. The summed E-state index contributed by atoms with van der Waals surface area (Å²) in [6.07, 6.45) is 0.290. The minimum absolute atomic E-state index is 0.113.